The second kappa shape index (κ2) is 13.0. The van der Waals surface area contributed by atoms with E-state index in [9.17, 15) is 15.3 Å². The molecule has 0 radical (unpaired) electrons. The topological polar surface area (TPSA) is 126 Å². The van der Waals surface area contributed by atoms with Gasteiger partial charge in [-0.1, -0.05) is 91.0 Å². The van der Waals surface area contributed by atoms with Gasteiger partial charge in [0.1, 0.15) is 24.1 Å². The van der Waals surface area contributed by atoms with E-state index in [4.69, 9.17) is 14.7 Å². The van der Waals surface area contributed by atoms with E-state index in [-0.39, 0.29) is 5.92 Å². The van der Waals surface area contributed by atoms with Gasteiger partial charge < -0.3 is 25.4 Å². The van der Waals surface area contributed by atoms with E-state index >= 15 is 0 Å². The van der Waals surface area contributed by atoms with Crippen LogP contribution in [0.3, 0.4) is 0 Å². The summed E-state index contributed by atoms with van der Waals surface area (Å²) in [5, 5.41) is 34.3. The van der Waals surface area contributed by atoms with Crippen molar-refractivity contribution in [1.82, 2.24) is 19.5 Å². The summed E-state index contributed by atoms with van der Waals surface area (Å²) < 4.78 is 7.42. The van der Waals surface area contributed by atoms with E-state index in [0.717, 1.165) is 5.75 Å². The van der Waals surface area contributed by atoms with Gasteiger partial charge in [0.2, 0.25) is 0 Å². The number of aliphatic hydroxyl groups is 3. The van der Waals surface area contributed by atoms with Crippen LogP contribution in [0.15, 0.2) is 97.3 Å². The maximum Gasteiger partial charge on any atom is 0.168 e. The van der Waals surface area contributed by atoms with Gasteiger partial charge in [-0.25, -0.2) is 15.0 Å². The van der Waals surface area contributed by atoms with Crippen molar-refractivity contribution in [1.29, 1.82) is 0 Å². The summed E-state index contributed by atoms with van der Waals surface area (Å²) in [6, 6.07) is 30.9. The van der Waals surface area contributed by atoms with E-state index in [1.807, 2.05) is 54.6 Å². The Labute approximate surface area is 248 Å². The zero-order valence-electron chi connectivity index (χ0n) is 22.9. The quantitative estimate of drug-likeness (QED) is 0.182. The van der Waals surface area contributed by atoms with Crippen LogP contribution >= 0.6 is 11.8 Å². The number of hydrogen-bond donors (Lipinski definition) is 4. The Morgan fingerprint density at radius 1 is 0.833 bits per heavy atom. The maximum absolute atomic E-state index is 10.7. The fourth-order valence-corrected chi connectivity index (χ4v) is 6.12. The molecule has 216 valence electrons. The number of imidazole rings is 1. The number of anilines is 1. The fourth-order valence-electron chi connectivity index (χ4n) is 5.28. The van der Waals surface area contributed by atoms with Gasteiger partial charge >= 0.3 is 0 Å². The van der Waals surface area contributed by atoms with E-state index in [1.165, 1.54) is 23.0 Å². The van der Waals surface area contributed by atoms with Crippen LogP contribution in [0, 0.1) is 0 Å². The fraction of sp³-hybridized carbons (Fsp3) is 0.281. The number of fused-ring (bicyclic) bond motifs is 1. The number of aliphatic hydroxyl groups excluding tert-OH is 3. The van der Waals surface area contributed by atoms with E-state index in [0.29, 0.717) is 35.1 Å². The van der Waals surface area contributed by atoms with E-state index in [1.54, 1.807) is 16.3 Å². The smallest absolute Gasteiger partial charge is 0.168 e. The number of rotatable bonds is 11. The average molecular weight is 584 g/mol. The summed E-state index contributed by atoms with van der Waals surface area (Å²) in [4.78, 5) is 14.3. The minimum Gasteiger partial charge on any atom is -0.394 e. The molecule has 0 unspecified atom stereocenters. The summed E-state index contributed by atoms with van der Waals surface area (Å²) in [5.41, 5.74) is 4.58. The van der Waals surface area contributed by atoms with Crippen molar-refractivity contribution in [2.45, 2.75) is 42.0 Å². The molecule has 4 N–H and O–H groups in total. The van der Waals surface area contributed by atoms with Crippen LogP contribution in [-0.4, -0.2) is 66.3 Å². The maximum atomic E-state index is 10.7. The molecule has 3 heterocycles. The van der Waals surface area contributed by atoms with Crippen molar-refractivity contribution in [3.05, 3.63) is 120 Å². The van der Waals surface area contributed by atoms with Gasteiger partial charge in [0, 0.05) is 18.2 Å². The lowest BCUT2D eigenvalue weighted by molar-refractivity contribution is -0.0511. The van der Waals surface area contributed by atoms with Crippen LogP contribution in [0.5, 0.6) is 0 Å². The minimum absolute atomic E-state index is 0.0656. The molecule has 9 nitrogen and oxygen atoms in total. The van der Waals surface area contributed by atoms with Crippen molar-refractivity contribution in [2.75, 3.05) is 18.5 Å². The normalized spacial score (nSPS) is 20.4. The van der Waals surface area contributed by atoms with Crippen molar-refractivity contribution in [3.8, 4) is 0 Å². The molecule has 4 atom stereocenters. The number of ether oxygens (including phenoxy) is 1. The molecule has 5 aromatic rings. The standard InChI is InChI=1S/C32H33N5O4S/c38-17-25-28(39)29(40)32(41-25)37-20-34-27-30(35-26(36-31(27)37)19-42-18-21-10-4-1-5-11-21)33-16-24(22-12-6-2-7-13-22)23-14-8-3-9-15-23/h1-15,20,24-25,28-29,32,38-40H,16-19H2,(H,33,35,36)/t25-,28-,29-,32-/m1/s1. The Kier molecular flexibility index (Phi) is 8.78. The summed E-state index contributed by atoms with van der Waals surface area (Å²) in [6.45, 7) is 0.155. The molecule has 1 aliphatic heterocycles. The third-order valence-corrected chi connectivity index (χ3v) is 8.48. The highest BCUT2D eigenvalue weighted by atomic mass is 32.2. The van der Waals surface area contributed by atoms with Gasteiger partial charge in [-0.15, -0.1) is 11.8 Å². The summed E-state index contributed by atoms with van der Waals surface area (Å²) in [6.07, 6.45) is -2.79. The predicted molar refractivity (Wildman–Crippen MR) is 163 cm³/mol. The highest BCUT2D eigenvalue weighted by Crippen LogP contribution is 2.33. The molecule has 0 aliphatic carbocycles. The molecular weight excluding hydrogens is 550 g/mol. The summed E-state index contributed by atoms with van der Waals surface area (Å²) in [5.74, 6) is 2.62. The van der Waals surface area contributed by atoms with Gasteiger partial charge in [0.15, 0.2) is 23.2 Å². The molecule has 6 rings (SSSR count). The van der Waals surface area contributed by atoms with Gasteiger partial charge in [-0.05, 0) is 16.7 Å². The first kappa shape index (κ1) is 28.3. The first-order chi connectivity index (χ1) is 20.6. The van der Waals surface area contributed by atoms with Crippen LogP contribution in [0.2, 0.25) is 0 Å². The molecule has 0 saturated carbocycles. The highest BCUT2D eigenvalue weighted by molar-refractivity contribution is 7.97. The summed E-state index contributed by atoms with van der Waals surface area (Å²) >= 11 is 1.70. The molecule has 0 spiro atoms. The van der Waals surface area contributed by atoms with Gasteiger partial charge in [0.25, 0.3) is 0 Å². The van der Waals surface area contributed by atoms with E-state index in [2.05, 4.69) is 46.7 Å². The van der Waals surface area contributed by atoms with Crippen molar-refractivity contribution in [3.63, 3.8) is 0 Å². The summed E-state index contributed by atoms with van der Waals surface area (Å²) in [7, 11) is 0. The number of nitrogens with zero attached hydrogens (tertiary/aromatic N) is 4. The number of thioether (sulfide) groups is 1. The van der Waals surface area contributed by atoms with Crippen LogP contribution in [-0.2, 0) is 16.2 Å². The number of benzene rings is 3. The highest BCUT2D eigenvalue weighted by Gasteiger charge is 2.44. The molecule has 3 aromatic carbocycles. The molecule has 0 amide bonds. The van der Waals surface area contributed by atoms with Gasteiger partial charge in [-0.2, -0.15) is 0 Å². The first-order valence-electron chi connectivity index (χ1n) is 13.9. The lowest BCUT2D eigenvalue weighted by Crippen LogP contribution is -2.33. The van der Waals surface area contributed by atoms with Crippen LogP contribution < -0.4 is 5.32 Å². The molecule has 1 fully saturated rings. The Hall–Kier alpha value is -3.80. The van der Waals surface area contributed by atoms with Gasteiger partial charge in [-0.3, -0.25) is 4.57 Å². The van der Waals surface area contributed by atoms with Crippen LogP contribution in [0.1, 0.15) is 34.7 Å². The molecule has 10 heteroatoms. The SMILES string of the molecule is OC[C@H]1O[C@@H](n2cnc3c(NCC(c4ccccc4)c4ccccc4)nc(CSCc4ccccc4)nc32)[C@H](O)[C@@H]1O. The van der Waals surface area contributed by atoms with Gasteiger partial charge in [0.05, 0.1) is 18.7 Å². The van der Waals surface area contributed by atoms with Crippen LogP contribution in [0.4, 0.5) is 5.82 Å². The Balaban J connectivity index is 1.32. The van der Waals surface area contributed by atoms with Crippen molar-refractivity contribution in [2.24, 2.45) is 0 Å². The lowest BCUT2D eigenvalue weighted by Gasteiger charge is -2.20. The zero-order valence-corrected chi connectivity index (χ0v) is 23.7. The molecule has 2 aromatic heterocycles. The predicted octanol–water partition coefficient (Wildman–Crippen LogP) is 4.12. The second-order valence-electron chi connectivity index (χ2n) is 10.3. The monoisotopic (exact) mass is 583 g/mol. The number of nitrogens with one attached hydrogen (secondary N) is 1. The Bertz CT molecular complexity index is 1550. The Morgan fingerprint density at radius 2 is 1.48 bits per heavy atom. The van der Waals surface area contributed by atoms with Crippen molar-refractivity contribution < 1.29 is 20.1 Å². The van der Waals surface area contributed by atoms with Crippen LogP contribution in [0.25, 0.3) is 11.2 Å². The average Bonchev–Trinajstić information content (AvgIpc) is 3.58. The molecule has 0 bridgehead atoms. The number of hydrogen-bond acceptors (Lipinski definition) is 9. The zero-order chi connectivity index (χ0) is 28.9. The largest absolute Gasteiger partial charge is 0.394 e. The van der Waals surface area contributed by atoms with E-state index < -0.39 is 31.1 Å². The third-order valence-electron chi connectivity index (χ3n) is 7.48. The second-order valence-corrected chi connectivity index (χ2v) is 11.3. The first-order valence-corrected chi connectivity index (χ1v) is 15.1. The van der Waals surface area contributed by atoms with Crippen molar-refractivity contribution >= 4 is 28.7 Å². The third kappa shape index (κ3) is 6.04. The lowest BCUT2D eigenvalue weighted by atomic mass is 9.91. The number of aromatic nitrogens is 4. The minimum atomic E-state index is -1.25. The molecule has 1 aliphatic rings. The molecule has 1 saturated heterocycles. The molecular formula is C32H33N5O4S. The Morgan fingerprint density at radius 3 is 2.10 bits per heavy atom. The molecule has 42 heavy (non-hydrogen) atoms.